The quantitative estimate of drug-likeness (QED) is 0.261. The summed E-state index contributed by atoms with van der Waals surface area (Å²) in [6.07, 6.45) is 11.8. The number of amides is 1. The Balaban J connectivity index is 0.000000318. The van der Waals surface area contributed by atoms with Crippen LogP contribution in [0.4, 0.5) is 10.1 Å². The molecule has 2 aromatic heterocycles. The van der Waals surface area contributed by atoms with Crippen LogP contribution in [-0.2, 0) is 15.6 Å². The monoisotopic (exact) mass is 628 g/mol. The van der Waals surface area contributed by atoms with Gasteiger partial charge in [-0.2, -0.15) is 23.0 Å². The molecule has 1 aromatic carbocycles. The van der Waals surface area contributed by atoms with Crippen molar-refractivity contribution in [3.63, 3.8) is 0 Å². The number of carbonyl (C=O) groups is 1. The van der Waals surface area contributed by atoms with Gasteiger partial charge < -0.3 is 10.2 Å². The normalized spacial score (nSPS) is 15.0. The molecule has 2 aliphatic rings. The fourth-order valence-electron chi connectivity index (χ4n) is 4.82. The van der Waals surface area contributed by atoms with Gasteiger partial charge in [0.25, 0.3) is 0 Å². The highest BCUT2D eigenvalue weighted by molar-refractivity contribution is 7.85. The highest BCUT2D eigenvalue weighted by Crippen LogP contribution is 2.28. The van der Waals surface area contributed by atoms with E-state index >= 15 is 0 Å². The van der Waals surface area contributed by atoms with Gasteiger partial charge in [0.1, 0.15) is 6.54 Å². The second-order valence-electron chi connectivity index (χ2n) is 10.2. The smallest absolute Gasteiger partial charge is 0.223 e. The fourth-order valence-corrected chi connectivity index (χ4v) is 5.88. The zero-order chi connectivity index (χ0) is 31.6. The highest BCUT2D eigenvalue weighted by atomic mass is 32.2. The number of hydrogen-bond acceptors (Lipinski definition) is 7. The SMILES string of the molecule is CCC.CS.Cc1c(-c2ccc(N3CCS(=O)CC3)cc2)cnn1-c1ncccc1F.N#CCNC(=O)C1CCCCC1. The zero-order valence-electron chi connectivity index (χ0n) is 25.8. The van der Waals surface area contributed by atoms with Crippen LogP contribution >= 0.6 is 12.6 Å². The average Bonchev–Trinajstić information content (AvgIpc) is 3.43. The molecule has 0 radical (unpaired) electrons. The lowest BCUT2D eigenvalue weighted by atomic mass is 9.89. The van der Waals surface area contributed by atoms with Gasteiger partial charge in [-0.05, 0) is 55.9 Å². The van der Waals surface area contributed by atoms with E-state index in [4.69, 9.17) is 5.26 Å². The standard InChI is InChI=1S/C19H19FN4OS.C9H14N2O.C3H8.CH4S/c1-14-17(13-22-24(14)19-18(20)3-2-8-21-19)15-4-6-16(7-5-15)23-9-11-26(25)12-10-23;10-6-7-11-9(12)8-4-2-1-3-5-8;1-3-2;1-2/h2-8,13H,9-12H2,1H3;8H,1-5,7H2,(H,11,12);3H2,1-2H3;2H,1H3. The van der Waals surface area contributed by atoms with Crippen LogP contribution in [0.3, 0.4) is 0 Å². The lowest BCUT2D eigenvalue weighted by Crippen LogP contribution is -2.37. The first-order chi connectivity index (χ1) is 20.9. The third-order valence-corrected chi connectivity index (χ3v) is 8.26. The third-order valence-electron chi connectivity index (χ3n) is 6.99. The van der Waals surface area contributed by atoms with Crippen LogP contribution in [0.1, 0.15) is 58.1 Å². The van der Waals surface area contributed by atoms with Crippen molar-refractivity contribution in [3.8, 4) is 23.0 Å². The summed E-state index contributed by atoms with van der Waals surface area (Å²) in [5.74, 6) is 1.49. The number of hydrogen-bond donors (Lipinski definition) is 2. The molecule has 1 amide bonds. The van der Waals surface area contributed by atoms with Crippen LogP contribution in [0, 0.1) is 30.0 Å². The Kier molecular flexibility index (Phi) is 16.6. The second-order valence-corrected chi connectivity index (χ2v) is 11.9. The minimum atomic E-state index is -0.679. The molecule has 0 bridgehead atoms. The molecule has 5 rings (SSSR count). The van der Waals surface area contributed by atoms with E-state index in [1.54, 1.807) is 24.7 Å². The van der Waals surface area contributed by atoms with E-state index in [2.05, 4.69) is 58.9 Å². The minimum absolute atomic E-state index is 0.0660. The molecule has 1 aliphatic heterocycles. The summed E-state index contributed by atoms with van der Waals surface area (Å²) in [5, 5.41) is 15.2. The summed E-state index contributed by atoms with van der Waals surface area (Å²) < 4.78 is 27.0. The molecule has 1 aliphatic carbocycles. The number of nitrogens with zero attached hydrogens (tertiary/aromatic N) is 5. The van der Waals surface area contributed by atoms with Gasteiger partial charge in [-0.1, -0.05) is 51.7 Å². The first-order valence-corrected chi connectivity index (χ1v) is 17.2. The Morgan fingerprint density at radius 3 is 2.33 bits per heavy atom. The molecule has 1 saturated heterocycles. The number of aromatic nitrogens is 3. The molecular weight excluding hydrogens is 584 g/mol. The maximum Gasteiger partial charge on any atom is 0.223 e. The Morgan fingerprint density at radius 1 is 1.12 bits per heavy atom. The maximum absolute atomic E-state index is 14.0. The topological polar surface area (TPSA) is 104 Å². The molecule has 1 N–H and O–H groups in total. The molecule has 8 nitrogen and oxygen atoms in total. The van der Waals surface area contributed by atoms with Crippen molar-refractivity contribution in [3.05, 3.63) is 60.3 Å². The van der Waals surface area contributed by atoms with Gasteiger partial charge in [-0.15, -0.1) is 0 Å². The van der Waals surface area contributed by atoms with Gasteiger partial charge in [0.05, 0.1) is 18.0 Å². The molecule has 234 valence electrons. The second kappa shape index (κ2) is 19.9. The van der Waals surface area contributed by atoms with Crippen LogP contribution in [0.25, 0.3) is 16.9 Å². The zero-order valence-corrected chi connectivity index (χ0v) is 27.5. The molecular formula is C32H45FN6O2S2. The van der Waals surface area contributed by atoms with E-state index in [-0.39, 0.29) is 24.2 Å². The van der Waals surface area contributed by atoms with E-state index in [1.165, 1.54) is 23.6 Å². The van der Waals surface area contributed by atoms with Gasteiger partial charge >= 0.3 is 0 Å². The average molecular weight is 629 g/mol. The third kappa shape index (κ3) is 11.1. The number of benzene rings is 1. The summed E-state index contributed by atoms with van der Waals surface area (Å²) in [7, 11) is -0.679. The van der Waals surface area contributed by atoms with E-state index in [0.29, 0.717) is 0 Å². The number of anilines is 1. The largest absolute Gasteiger partial charge is 0.370 e. The van der Waals surface area contributed by atoms with Gasteiger partial charge in [0.2, 0.25) is 5.91 Å². The van der Waals surface area contributed by atoms with E-state index in [9.17, 15) is 13.4 Å². The van der Waals surface area contributed by atoms with E-state index < -0.39 is 16.6 Å². The molecule has 0 spiro atoms. The summed E-state index contributed by atoms with van der Waals surface area (Å²) in [4.78, 5) is 17.6. The first kappa shape index (κ1) is 36.0. The number of nitrogens with one attached hydrogen (secondary N) is 1. The number of carbonyl (C=O) groups excluding carboxylic acids is 1. The Labute approximate surface area is 264 Å². The van der Waals surface area contributed by atoms with Crippen LogP contribution in [0.2, 0.25) is 0 Å². The van der Waals surface area contributed by atoms with E-state index in [0.717, 1.165) is 72.8 Å². The Bertz CT molecular complexity index is 1310. The lowest BCUT2D eigenvalue weighted by Gasteiger charge is -2.28. The molecule has 1 saturated carbocycles. The summed E-state index contributed by atoms with van der Waals surface area (Å²) >= 11 is 3.53. The summed E-state index contributed by atoms with van der Waals surface area (Å²) in [5.41, 5.74) is 3.94. The number of pyridine rings is 1. The number of rotatable bonds is 5. The van der Waals surface area contributed by atoms with Crippen LogP contribution in [0.15, 0.2) is 48.8 Å². The summed E-state index contributed by atoms with van der Waals surface area (Å²) in [6.45, 7) is 7.95. The van der Waals surface area contributed by atoms with Gasteiger partial charge in [-0.3, -0.25) is 9.00 Å². The molecule has 3 heterocycles. The van der Waals surface area contributed by atoms with Crippen LogP contribution < -0.4 is 10.2 Å². The highest BCUT2D eigenvalue weighted by Gasteiger charge is 2.20. The van der Waals surface area contributed by atoms with Crippen molar-refractivity contribution >= 4 is 35.0 Å². The van der Waals surface area contributed by atoms with Crippen LogP contribution in [-0.4, -0.2) is 62.3 Å². The summed E-state index contributed by atoms with van der Waals surface area (Å²) in [6, 6.07) is 13.1. The van der Waals surface area contributed by atoms with Crippen molar-refractivity contribution in [2.75, 3.05) is 42.3 Å². The number of halogens is 1. The number of nitriles is 1. The van der Waals surface area contributed by atoms with Gasteiger partial charge in [0.15, 0.2) is 11.6 Å². The Hall–Kier alpha value is -3.23. The first-order valence-electron chi connectivity index (χ1n) is 14.8. The molecule has 3 aromatic rings. The van der Waals surface area contributed by atoms with Crippen molar-refractivity contribution in [1.82, 2.24) is 20.1 Å². The van der Waals surface area contributed by atoms with Crippen molar-refractivity contribution in [2.45, 2.75) is 59.3 Å². The lowest BCUT2D eigenvalue weighted by molar-refractivity contribution is -0.125. The molecule has 2 fully saturated rings. The van der Waals surface area contributed by atoms with Gasteiger partial charge in [-0.25, -0.2) is 14.1 Å². The minimum Gasteiger partial charge on any atom is -0.370 e. The van der Waals surface area contributed by atoms with Gasteiger partial charge in [0, 0.05) is 58.8 Å². The maximum atomic E-state index is 14.0. The van der Waals surface area contributed by atoms with Crippen LogP contribution in [0.5, 0.6) is 0 Å². The molecule has 43 heavy (non-hydrogen) atoms. The van der Waals surface area contributed by atoms with E-state index in [1.807, 2.05) is 25.1 Å². The molecule has 11 heteroatoms. The Morgan fingerprint density at radius 2 is 1.74 bits per heavy atom. The molecule has 0 unspecified atom stereocenters. The van der Waals surface area contributed by atoms with Crippen molar-refractivity contribution in [2.24, 2.45) is 5.92 Å². The predicted octanol–water partition coefficient (Wildman–Crippen LogP) is 6.12. The van der Waals surface area contributed by atoms with Crippen molar-refractivity contribution < 1.29 is 13.4 Å². The fraction of sp³-hybridized carbons (Fsp3) is 0.500. The van der Waals surface area contributed by atoms with Crippen molar-refractivity contribution in [1.29, 1.82) is 5.26 Å². The number of thiol groups is 1. The molecule has 0 atom stereocenters. The predicted molar refractivity (Wildman–Crippen MR) is 178 cm³/mol.